The number of aryl methyl sites for hydroxylation is 1. The van der Waals surface area contributed by atoms with Crippen molar-refractivity contribution in [2.75, 3.05) is 7.11 Å². The van der Waals surface area contributed by atoms with E-state index in [0.29, 0.717) is 5.92 Å². The average molecular weight is 266 g/mol. The van der Waals surface area contributed by atoms with Crippen molar-refractivity contribution in [1.29, 1.82) is 0 Å². The minimum Gasteiger partial charge on any atom is -0.493 e. The van der Waals surface area contributed by atoms with E-state index in [2.05, 4.69) is 17.4 Å². The molecule has 5 nitrogen and oxygen atoms in total. The van der Waals surface area contributed by atoms with Gasteiger partial charge in [0.1, 0.15) is 0 Å². The van der Waals surface area contributed by atoms with Crippen LogP contribution in [0.4, 0.5) is 0 Å². The monoisotopic (exact) mass is 266 g/mol. The molecule has 108 valence electrons. The standard InChI is InChI=1S/C14H26N4O/c1-3-18-14(12(19-2)10-16-18)13(17-15)11-8-6-4-5-7-9-11/h10-11,13,17H,3-9,15H2,1-2H3. The van der Waals surface area contributed by atoms with Crippen LogP contribution in [0.3, 0.4) is 0 Å². The number of nitrogens with zero attached hydrogens (tertiary/aromatic N) is 2. The van der Waals surface area contributed by atoms with Gasteiger partial charge in [-0.3, -0.25) is 16.0 Å². The van der Waals surface area contributed by atoms with Crippen LogP contribution < -0.4 is 16.0 Å². The summed E-state index contributed by atoms with van der Waals surface area (Å²) in [5, 5.41) is 4.39. The quantitative estimate of drug-likeness (QED) is 0.488. The van der Waals surface area contributed by atoms with Crippen LogP contribution in [0.15, 0.2) is 6.20 Å². The Balaban J connectivity index is 2.26. The summed E-state index contributed by atoms with van der Waals surface area (Å²) in [6.45, 7) is 2.93. The Bertz CT molecular complexity index is 361. The van der Waals surface area contributed by atoms with E-state index in [0.717, 1.165) is 18.0 Å². The topological polar surface area (TPSA) is 65.1 Å². The molecule has 1 aliphatic rings. The highest BCUT2D eigenvalue weighted by molar-refractivity contribution is 5.29. The van der Waals surface area contributed by atoms with Crippen LogP contribution in [0, 0.1) is 5.92 Å². The molecule has 1 unspecified atom stereocenters. The molecule has 0 spiro atoms. The lowest BCUT2D eigenvalue weighted by molar-refractivity contribution is 0.300. The van der Waals surface area contributed by atoms with E-state index in [9.17, 15) is 0 Å². The van der Waals surface area contributed by atoms with Crippen LogP contribution in [0.25, 0.3) is 0 Å². The van der Waals surface area contributed by atoms with Gasteiger partial charge in [-0.25, -0.2) is 0 Å². The van der Waals surface area contributed by atoms with Gasteiger partial charge in [0.15, 0.2) is 5.75 Å². The normalized spacial score (nSPS) is 19.1. The molecule has 19 heavy (non-hydrogen) atoms. The lowest BCUT2D eigenvalue weighted by Crippen LogP contribution is -2.35. The minimum atomic E-state index is 0.135. The number of hydrogen-bond donors (Lipinski definition) is 2. The van der Waals surface area contributed by atoms with Crippen LogP contribution in [-0.2, 0) is 6.54 Å². The third kappa shape index (κ3) is 3.09. The zero-order chi connectivity index (χ0) is 13.7. The molecule has 3 N–H and O–H groups in total. The summed E-state index contributed by atoms with van der Waals surface area (Å²) in [5.74, 6) is 7.26. The first kappa shape index (κ1) is 14.3. The molecule has 1 aromatic heterocycles. The largest absolute Gasteiger partial charge is 0.493 e. The molecule has 5 heteroatoms. The maximum Gasteiger partial charge on any atom is 0.161 e. The number of nitrogens with two attached hydrogens (primary N) is 1. The molecule has 1 aliphatic carbocycles. The van der Waals surface area contributed by atoms with Gasteiger partial charge in [0, 0.05) is 6.54 Å². The molecular formula is C14H26N4O. The number of rotatable bonds is 5. The minimum absolute atomic E-state index is 0.135. The van der Waals surface area contributed by atoms with Crippen molar-refractivity contribution in [1.82, 2.24) is 15.2 Å². The van der Waals surface area contributed by atoms with Crippen molar-refractivity contribution in [2.45, 2.75) is 58.0 Å². The van der Waals surface area contributed by atoms with Crippen LogP contribution in [0.1, 0.15) is 57.2 Å². The molecule has 1 aromatic rings. The van der Waals surface area contributed by atoms with Crippen LogP contribution in [0.5, 0.6) is 5.75 Å². The smallest absolute Gasteiger partial charge is 0.161 e. The van der Waals surface area contributed by atoms with Gasteiger partial charge in [0.05, 0.1) is 25.0 Å². The van der Waals surface area contributed by atoms with E-state index in [1.165, 1.54) is 38.5 Å². The van der Waals surface area contributed by atoms with Gasteiger partial charge in [0.25, 0.3) is 0 Å². The summed E-state index contributed by atoms with van der Waals surface area (Å²) in [6, 6.07) is 0.135. The second-order valence-electron chi connectivity index (χ2n) is 5.31. The number of methoxy groups -OCH3 is 1. The first-order chi connectivity index (χ1) is 9.31. The number of nitrogens with one attached hydrogen (secondary N) is 1. The SMILES string of the molecule is CCn1ncc(OC)c1C(NN)C1CCCCCC1. The summed E-state index contributed by atoms with van der Waals surface area (Å²) in [6.07, 6.45) is 9.53. The molecule has 0 radical (unpaired) electrons. The predicted octanol–water partition coefficient (Wildman–Crippen LogP) is 2.39. The zero-order valence-electron chi connectivity index (χ0n) is 12.1. The second kappa shape index (κ2) is 6.91. The van der Waals surface area contributed by atoms with Crippen molar-refractivity contribution < 1.29 is 4.74 Å². The van der Waals surface area contributed by atoms with E-state index >= 15 is 0 Å². The number of hydrazine groups is 1. The molecule has 1 heterocycles. The van der Waals surface area contributed by atoms with Crippen molar-refractivity contribution in [3.8, 4) is 5.75 Å². The van der Waals surface area contributed by atoms with Gasteiger partial charge in [-0.2, -0.15) is 5.10 Å². The third-order valence-electron chi connectivity index (χ3n) is 4.21. The van der Waals surface area contributed by atoms with Crippen molar-refractivity contribution in [2.24, 2.45) is 11.8 Å². The number of ether oxygens (including phenoxy) is 1. The Hall–Kier alpha value is -1.07. The maximum absolute atomic E-state index is 5.85. The van der Waals surface area contributed by atoms with Gasteiger partial charge >= 0.3 is 0 Å². The third-order valence-corrected chi connectivity index (χ3v) is 4.21. The van der Waals surface area contributed by atoms with Gasteiger partial charge in [0.2, 0.25) is 0 Å². The van der Waals surface area contributed by atoms with Crippen LogP contribution in [-0.4, -0.2) is 16.9 Å². The molecule has 1 saturated carbocycles. The van der Waals surface area contributed by atoms with Gasteiger partial charge in [-0.1, -0.05) is 25.7 Å². The van der Waals surface area contributed by atoms with E-state index in [1.54, 1.807) is 13.3 Å². The van der Waals surface area contributed by atoms with Crippen molar-refractivity contribution >= 4 is 0 Å². The summed E-state index contributed by atoms with van der Waals surface area (Å²) in [4.78, 5) is 0. The Morgan fingerprint density at radius 2 is 2.11 bits per heavy atom. The van der Waals surface area contributed by atoms with Gasteiger partial charge < -0.3 is 4.74 Å². The number of hydrogen-bond acceptors (Lipinski definition) is 4. The molecule has 1 fully saturated rings. The predicted molar refractivity (Wildman–Crippen MR) is 75.7 cm³/mol. The number of aromatic nitrogens is 2. The Kier molecular flexibility index (Phi) is 5.22. The van der Waals surface area contributed by atoms with E-state index < -0.39 is 0 Å². The summed E-state index contributed by atoms with van der Waals surface area (Å²) < 4.78 is 7.45. The van der Waals surface area contributed by atoms with E-state index in [1.807, 2.05) is 4.68 Å². The molecule has 0 saturated heterocycles. The fraction of sp³-hybridized carbons (Fsp3) is 0.786. The maximum atomic E-state index is 5.85. The summed E-state index contributed by atoms with van der Waals surface area (Å²) in [7, 11) is 1.70. The highest BCUT2D eigenvalue weighted by atomic mass is 16.5. The average Bonchev–Trinajstić information content (AvgIpc) is 2.66. The fourth-order valence-corrected chi connectivity index (χ4v) is 3.18. The van der Waals surface area contributed by atoms with Gasteiger partial charge in [-0.15, -0.1) is 0 Å². The van der Waals surface area contributed by atoms with Crippen molar-refractivity contribution in [3.05, 3.63) is 11.9 Å². The lowest BCUT2D eigenvalue weighted by Gasteiger charge is -2.26. The Morgan fingerprint density at radius 1 is 1.42 bits per heavy atom. The van der Waals surface area contributed by atoms with Crippen LogP contribution in [0.2, 0.25) is 0 Å². The molecule has 2 rings (SSSR count). The highest BCUT2D eigenvalue weighted by Gasteiger charge is 2.28. The first-order valence-corrected chi connectivity index (χ1v) is 7.37. The zero-order valence-corrected chi connectivity index (χ0v) is 12.1. The molecule has 0 aromatic carbocycles. The summed E-state index contributed by atoms with van der Waals surface area (Å²) in [5.41, 5.74) is 4.11. The molecule has 0 bridgehead atoms. The van der Waals surface area contributed by atoms with Crippen molar-refractivity contribution in [3.63, 3.8) is 0 Å². The van der Waals surface area contributed by atoms with Gasteiger partial charge in [-0.05, 0) is 25.7 Å². The van der Waals surface area contributed by atoms with Crippen LogP contribution >= 0.6 is 0 Å². The molecule has 1 atom stereocenters. The first-order valence-electron chi connectivity index (χ1n) is 7.37. The fourth-order valence-electron chi connectivity index (χ4n) is 3.18. The second-order valence-corrected chi connectivity index (χ2v) is 5.31. The molecular weight excluding hydrogens is 240 g/mol. The van der Waals surface area contributed by atoms with E-state index in [4.69, 9.17) is 10.6 Å². The lowest BCUT2D eigenvalue weighted by atomic mass is 9.90. The molecule has 0 aliphatic heterocycles. The Labute approximate surface area is 115 Å². The molecule has 0 amide bonds. The highest BCUT2D eigenvalue weighted by Crippen LogP contribution is 2.36. The Morgan fingerprint density at radius 3 is 2.63 bits per heavy atom. The van der Waals surface area contributed by atoms with E-state index in [-0.39, 0.29) is 6.04 Å². The summed E-state index contributed by atoms with van der Waals surface area (Å²) >= 11 is 0.